The molecule has 4 amide bonds. The predicted octanol–water partition coefficient (Wildman–Crippen LogP) is 3.82. The maximum absolute atomic E-state index is 12.8. The van der Waals surface area contributed by atoms with Crippen molar-refractivity contribution in [2.45, 2.75) is 64.1 Å². The minimum absolute atomic E-state index is 0.0303. The molecule has 2 atom stereocenters. The van der Waals surface area contributed by atoms with Crippen LogP contribution in [0.4, 0.5) is 4.79 Å². The van der Waals surface area contributed by atoms with E-state index in [4.69, 9.17) is 9.47 Å². The third-order valence-corrected chi connectivity index (χ3v) is 7.58. The second kappa shape index (κ2) is 12.5. The second-order valence-corrected chi connectivity index (χ2v) is 10.6. The van der Waals surface area contributed by atoms with Crippen LogP contribution in [0.5, 0.6) is 5.75 Å². The summed E-state index contributed by atoms with van der Waals surface area (Å²) in [4.78, 5) is 48.7. The van der Waals surface area contributed by atoms with Crippen molar-refractivity contribution < 1.29 is 23.9 Å². The zero-order chi connectivity index (χ0) is 29.7. The molecule has 2 unspecified atom stereocenters. The van der Waals surface area contributed by atoms with Crippen LogP contribution in [0.1, 0.15) is 73.0 Å². The van der Waals surface area contributed by atoms with Gasteiger partial charge in [0.15, 0.2) is 11.4 Å². The van der Waals surface area contributed by atoms with Gasteiger partial charge in [-0.05, 0) is 81.5 Å². The highest BCUT2D eigenvalue weighted by Crippen LogP contribution is 2.27. The van der Waals surface area contributed by atoms with E-state index in [1.807, 2.05) is 43.3 Å². The van der Waals surface area contributed by atoms with Crippen LogP contribution in [-0.2, 0) is 16.1 Å². The van der Waals surface area contributed by atoms with Gasteiger partial charge in [-0.15, -0.1) is 0 Å². The van der Waals surface area contributed by atoms with Gasteiger partial charge in [0.25, 0.3) is 11.8 Å². The molecule has 10 heteroatoms. The van der Waals surface area contributed by atoms with E-state index in [1.165, 1.54) is 0 Å². The maximum Gasteiger partial charge on any atom is 0.323 e. The van der Waals surface area contributed by atoms with Gasteiger partial charge in [-0.1, -0.05) is 17.9 Å². The summed E-state index contributed by atoms with van der Waals surface area (Å²) in [6, 6.07) is 12.5. The molecule has 0 aromatic heterocycles. The van der Waals surface area contributed by atoms with Crippen LogP contribution < -0.4 is 15.4 Å². The Bertz CT molecular complexity index is 1500. The lowest BCUT2D eigenvalue weighted by Gasteiger charge is -2.21. The first-order valence-corrected chi connectivity index (χ1v) is 14.3. The van der Waals surface area contributed by atoms with Crippen molar-refractivity contribution in [2.75, 3.05) is 20.2 Å². The number of amides is 4. The molecule has 218 valence electrons. The molecule has 3 heterocycles. The molecule has 0 radical (unpaired) electrons. The molecule has 10 nitrogen and oxygen atoms in total. The van der Waals surface area contributed by atoms with E-state index in [2.05, 4.69) is 39.4 Å². The van der Waals surface area contributed by atoms with Gasteiger partial charge in [-0.2, -0.15) is 0 Å². The Kier molecular flexibility index (Phi) is 8.57. The van der Waals surface area contributed by atoms with Crippen molar-refractivity contribution in [1.29, 1.82) is 0 Å². The Morgan fingerprint density at radius 3 is 2.69 bits per heavy atom. The quantitative estimate of drug-likeness (QED) is 0.285. The number of aliphatic imine (C=N–C) groups is 2. The summed E-state index contributed by atoms with van der Waals surface area (Å²) in [5.74, 6) is 7.47. The Balaban J connectivity index is 1.23. The van der Waals surface area contributed by atoms with Crippen LogP contribution in [0.25, 0.3) is 0 Å². The number of hydrogen-bond donors (Lipinski definition) is 2. The number of rotatable bonds is 8. The Hall–Kier alpha value is -4.65. The number of carbonyl (C=O) groups is 3. The molecule has 2 aromatic rings. The average molecular weight is 570 g/mol. The SMILES string of the molecule is CCN=C1CCC(C)N=C(c2ccc(C#CC3(CCCCN4Cc5ccc(OC)cc5C4=O)NC(=O)NC3=O)cc2)O1. The van der Waals surface area contributed by atoms with E-state index in [0.717, 1.165) is 24.0 Å². The summed E-state index contributed by atoms with van der Waals surface area (Å²) in [6.07, 6.45) is 3.18. The van der Waals surface area contributed by atoms with Crippen LogP contribution in [0.15, 0.2) is 52.4 Å². The Morgan fingerprint density at radius 1 is 1.17 bits per heavy atom. The van der Waals surface area contributed by atoms with Gasteiger partial charge in [0.1, 0.15) is 5.75 Å². The number of methoxy groups -OCH3 is 1. The number of imide groups is 1. The average Bonchev–Trinajstić information content (AvgIpc) is 3.37. The number of hydrogen-bond acceptors (Lipinski definition) is 7. The number of unbranched alkanes of at least 4 members (excludes halogenated alkanes) is 1. The maximum atomic E-state index is 12.8. The fourth-order valence-corrected chi connectivity index (χ4v) is 5.24. The molecule has 3 aliphatic rings. The van der Waals surface area contributed by atoms with E-state index in [1.54, 1.807) is 18.1 Å². The molecule has 1 fully saturated rings. The van der Waals surface area contributed by atoms with Crippen molar-refractivity contribution in [3.63, 3.8) is 0 Å². The van der Waals surface area contributed by atoms with Gasteiger partial charge in [-0.25, -0.2) is 9.79 Å². The number of benzene rings is 2. The summed E-state index contributed by atoms with van der Waals surface area (Å²) in [5.41, 5.74) is 1.80. The smallest absolute Gasteiger partial charge is 0.323 e. The largest absolute Gasteiger partial charge is 0.497 e. The molecule has 42 heavy (non-hydrogen) atoms. The lowest BCUT2D eigenvalue weighted by atomic mass is 9.92. The number of carbonyl (C=O) groups excluding carboxylic acids is 3. The van der Waals surface area contributed by atoms with Crippen molar-refractivity contribution >= 4 is 29.6 Å². The van der Waals surface area contributed by atoms with Gasteiger partial charge in [-0.3, -0.25) is 19.9 Å². The van der Waals surface area contributed by atoms with E-state index in [0.29, 0.717) is 67.6 Å². The summed E-state index contributed by atoms with van der Waals surface area (Å²) in [5, 5.41) is 5.04. The molecule has 0 spiro atoms. The molecule has 5 rings (SSSR count). The number of ether oxygens (including phenoxy) is 2. The van der Waals surface area contributed by atoms with Crippen molar-refractivity contribution in [3.05, 3.63) is 64.7 Å². The molecular weight excluding hydrogens is 534 g/mol. The van der Waals surface area contributed by atoms with Crippen LogP contribution in [0.3, 0.4) is 0 Å². The lowest BCUT2D eigenvalue weighted by molar-refractivity contribution is -0.122. The highest BCUT2D eigenvalue weighted by Gasteiger charge is 2.44. The van der Waals surface area contributed by atoms with E-state index in [9.17, 15) is 14.4 Å². The summed E-state index contributed by atoms with van der Waals surface area (Å²) >= 11 is 0. The van der Waals surface area contributed by atoms with Crippen LogP contribution in [0, 0.1) is 11.8 Å². The predicted molar refractivity (Wildman–Crippen MR) is 159 cm³/mol. The van der Waals surface area contributed by atoms with Gasteiger partial charge in [0, 0.05) is 42.7 Å². The fourth-order valence-electron chi connectivity index (χ4n) is 5.24. The normalized spacial score (nSPS) is 22.4. The second-order valence-electron chi connectivity index (χ2n) is 10.6. The lowest BCUT2D eigenvalue weighted by Crippen LogP contribution is -2.45. The fraction of sp³-hybridized carbons (Fsp3) is 0.406. The van der Waals surface area contributed by atoms with Crippen LogP contribution in [0.2, 0.25) is 0 Å². The number of fused-ring (bicyclic) bond motifs is 1. The van der Waals surface area contributed by atoms with Gasteiger partial charge >= 0.3 is 6.03 Å². The third-order valence-electron chi connectivity index (χ3n) is 7.58. The van der Waals surface area contributed by atoms with Crippen molar-refractivity contribution in [3.8, 4) is 17.6 Å². The Morgan fingerprint density at radius 2 is 1.98 bits per heavy atom. The number of nitrogens with zero attached hydrogens (tertiary/aromatic N) is 3. The molecule has 1 saturated heterocycles. The molecule has 2 aromatic carbocycles. The highest BCUT2D eigenvalue weighted by molar-refractivity contribution is 6.09. The molecule has 0 saturated carbocycles. The summed E-state index contributed by atoms with van der Waals surface area (Å²) in [7, 11) is 1.58. The van der Waals surface area contributed by atoms with Gasteiger partial charge in [0.05, 0.1) is 13.2 Å². The minimum Gasteiger partial charge on any atom is -0.497 e. The van der Waals surface area contributed by atoms with Crippen molar-refractivity contribution in [1.82, 2.24) is 15.5 Å². The summed E-state index contributed by atoms with van der Waals surface area (Å²) < 4.78 is 11.2. The molecule has 2 N–H and O–H groups in total. The first kappa shape index (κ1) is 28.9. The van der Waals surface area contributed by atoms with Crippen LogP contribution in [-0.4, -0.2) is 66.3 Å². The van der Waals surface area contributed by atoms with Gasteiger partial charge < -0.3 is 19.7 Å². The van der Waals surface area contributed by atoms with Crippen molar-refractivity contribution in [2.24, 2.45) is 9.98 Å². The first-order valence-electron chi connectivity index (χ1n) is 14.3. The zero-order valence-corrected chi connectivity index (χ0v) is 24.2. The van der Waals surface area contributed by atoms with E-state index >= 15 is 0 Å². The molecule has 0 aliphatic carbocycles. The third kappa shape index (κ3) is 6.30. The minimum atomic E-state index is -1.34. The summed E-state index contributed by atoms with van der Waals surface area (Å²) in [6.45, 7) is 5.75. The number of urea groups is 1. The van der Waals surface area contributed by atoms with E-state index in [-0.39, 0.29) is 11.9 Å². The first-order chi connectivity index (χ1) is 20.3. The van der Waals surface area contributed by atoms with E-state index < -0.39 is 17.5 Å². The van der Waals surface area contributed by atoms with Gasteiger partial charge in [0.2, 0.25) is 5.90 Å². The highest BCUT2D eigenvalue weighted by atomic mass is 16.5. The monoisotopic (exact) mass is 569 g/mol. The molecular formula is C32H35N5O5. The standard InChI is InChI=1S/C32H35N5O5/c1-4-33-27-14-7-21(2)34-28(42-27)23-10-8-22(9-11-23)15-17-32(30(39)35-31(40)36-32)16-5-6-18-37-20-24-12-13-25(41-3)19-26(24)29(37)38/h8-13,19,21H,4-7,14,16,18,20H2,1-3H3,(H2,35,36,39,40). The molecule has 0 bridgehead atoms. The molecule has 3 aliphatic heterocycles. The number of nitrogens with one attached hydrogen (secondary N) is 2. The Labute approximate surface area is 245 Å². The topological polar surface area (TPSA) is 122 Å². The van der Waals surface area contributed by atoms with Crippen LogP contribution >= 0.6 is 0 Å². The zero-order valence-electron chi connectivity index (χ0n) is 24.2.